The molecule has 4 heteroatoms. The van der Waals surface area contributed by atoms with E-state index in [1.54, 1.807) is 14.2 Å². The first-order chi connectivity index (χ1) is 9.69. The van der Waals surface area contributed by atoms with Crippen molar-refractivity contribution in [2.45, 2.75) is 39.2 Å². The van der Waals surface area contributed by atoms with Gasteiger partial charge >= 0.3 is 0 Å². The van der Waals surface area contributed by atoms with Crippen LogP contribution in [0.3, 0.4) is 0 Å². The van der Waals surface area contributed by atoms with Crippen molar-refractivity contribution in [2.75, 3.05) is 27.3 Å². The van der Waals surface area contributed by atoms with E-state index >= 15 is 0 Å². The van der Waals surface area contributed by atoms with Gasteiger partial charge in [0.05, 0.1) is 14.2 Å². The molecular weight excluding hydrogens is 254 g/mol. The van der Waals surface area contributed by atoms with Crippen molar-refractivity contribution in [2.24, 2.45) is 0 Å². The van der Waals surface area contributed by atoms with Crippen LogP contribution < -0.4 is 19.5 Å². The van der Waals surface area contributed by atoms with Crippen LogP contribution in [0.1, 0.15) is 33.1 Å². The van der Waals surface area contributed by atoms with Gasteiger partial charge in [0.15, 0.2) is 0 Å². The van der Waals surface area contributed by atoms with Crippen LogP contribution in [0.4, 0.5) is 0 Å². The van der Waals surface area contributed by atoms with Crippen LogP contribution in [0, 0.1) is 0 Å². The Labute approximate surface area is 122 Å². The van der Waals surface area contributed by atoms with E-state index in [1.165, 1.54) is 19.3 Å². The Morgan fingerprint density at radius 3 is 2.15 bits per heavy atom. The first-order valence-electron chi connectivity index (χ1n) is 7.30. The molecule has 1 aromatic carbocycles. The van der Waals surface area contributed by atoms with Gasteiger partial charge in [-0.2, -0.15) is 0 Å². The second-order valence-corrected chi connectivity index (χ2v) is 4.89. The minimum atomic E-state index is 0.105. The number of ether oxygens (including phenoxy) is 3. The summed E-state index contributed by atoms with van der Waals surface area (Å²) in [6.07, 6.45) is 3.84. The summed E-state index contributed by atoms with van der Waals surface area (Å²) in [5, 5.41) is 3.41. The van der Waals surface area contributed by atoms with E-state index in [2.05, 4.69) is 19.2 Å². The van der Waals surface area contributed by atoms with Gasteiger partial charge in [-0.15, -0.1) is 0 Å². The minimum absolute atomic E-state index is 0.105. The summed E-state index contributed by atoms with van der Waals surface area (Å²) in [5.41, 5.74) is 0. The third-order valence-electron chi connectivity index (χ3n) is 3.05. The number of nitrogens with one attached hydrogen (secondary N) is 1. The zero-order valence-electron chi connectivity index (χ0n) is 13.1. The molecule has 0 aliphatic heterocycles. The summed E-state index contributed by atoms with van der Waals surface area (Å²) in [4.78, 5) is 0. The lowest BCUT2D eigenvalue weighted by Gasteiger charge is -2.17. The fourth-order valence-corrected chi connectivity index (χ4v) is 1.93. The van der Waals surface area contributed by atoms with Gasteiger partial charge in [-0.1, -0.05) is 19.8 Å². The molecule has 0 amide bonds. The van der Waals surface area contributed by atoms with E-state index in [9.17, 15) is 0 Å². The highest BCUT2D eigenvalue weighted by Gasteiger charge is 2.07. The van der Waals surface area contributed by atoms with Crippen molar-refractivity contribution >= 4 is 0 Å². The van der Waals surface area contributed by atoms with Crippen molar-refractivity contribution in [1.82, 2.24) is 5.32 Å². The molecule has 0 aliphatic rings. The van der Waals surface area contributed by atoms with Crippen molar-refractivity contribution in [3.8, 4) is 17.2 Å². The van der Waals surface area contributed by atoms with Crippen molar-refractivity contribution in [3.05, 3.63) is 18.2 Å². The number of hydrogen-bond acceptors (Lipinski definition) is 4. The molecule has 0 fully saturated rings. The molecule has 1 rings (SSSR count). The molecule has 114 valence electrons. The van der Waals surface area contributed by atoms with E-state index in [4.69, 9.17) is 14.2 Å². The fraction of sp³-hybridized carbons (Fsp3) is 0.625. The van der Waals surface area contributed by atoms with Gasteiger partial charge in [-0.05, 0) is 19.9 Å². The van der Waals surface area contributed by atoms with Crippen molar-refractivity contribution < 1.29 is 14.2 Å². The summed E-state index contributed by atoms with van der Waals surface area (Å²) in [5.74, 6) is 2.24. The number of methoxy groups -OCH3 is 2. The van der Waals surface area contributed by atoms with Gasteiger partial charge in [0.2, 0.25) is 0 Å². The standard InChI is InChI=1S/C16H27NO3/c1-5-6-7-8-17-12-13(2)20-16-10-14(18-3)9-15(11-16)19-4/h9-11,13,17H,5-8,12H2,1-4H3. The first-order valence-corrected chi connectivity index (χ1v) is 7.30. The monoisotopic (exact) mass is 281 g/mol. The second kappa shape index (κ2) is 9.48. The van der Waals surface area contributed by atoms with E-state index < -0.39 is 0 Å². The summed E-state index contributed by atoms with van der Waals surface area (Å²) >= 11 is 0. The minimum Gasteiger partial charge on any atom is -0.496 e. The molecule has 0 aliphatic carbocycles. The van der Waals surface area contributed by atoms with Crippen LogP contribution in [-0.2, 0) is 0 Å². The maximum Gasteiger partial charge on any atom is 0.127 e. The van der Waals surface area contributed by atoms with E-state index in [-0.39, 0.29) is 6.10 Å². The molecule has 4 nitrogen and oxygen atoms in total. The summed E-state index contributed by atoms with van der Waals surface area (Å²) in [7, 11) is 3.27. The third-order valence-corrected chi connectivity index (χ3v) is 3.05. The highest BCUT2D eigenvalue weighted by Crippen LogP contribution is 2.27. The molecule has 0 spiro atoms. The Morgan fingerprint density at radius 1 is 1.00 bits per heavy atom. The van der Waals surface area contributed by atoms with Crippen LogP contribution >= 0.6 is 0 Å². The van der Waals surface area contributed by atoms with Crippen molar-refractivity contribution in [3.63, 3.8) is 0 Å². The Kier molecular flexibility index (Phi) is 7.88. The van der Waals surface area contributed by atoms with Crippen LogP contribution in [0.15, 0.2) is 18.2 Å². The molecule has 0 saturated carbocycles. The highest BCUT2D eigenvalue weighted by molar-refractivity contribution is 5.42. The molecule has 0 aromatic heterocycles. The van der Waals surface area contributed by atoms with Gasteiger partial charge in [-0.3, -0.25) is 0 Å². The second-order valence-electron chi connectivity index (χ2n) is 4.89. The molecule has 0 heterocycles. The fourth-order valence-electron chi connectivity index (χ4n) is 1.93. The largest absolute Gasteiger partial charge is 0.496 e. The first kappa shape index (κ1) is 16.6. The molecule has 0 bridgehead atoms. The van der Waals surface area contributed by atoms with E-state index in [0.29, 0.717) is 0 Å². The Bertz CT molecular complexity index is 360. The molecule has 1 aromatic rings. The molecule has 1 atom stereocenters. The maximum atomic E-state index is 5.88. The van der Waals surface area contributed by atoms with Crippen LogP contribution in [0.2, 0.25) is 0 Å². The molecule has 0 saturated heterocycles. The molecular formula is C16H27NO3. The average molecular weight is 281 g/mol. The van der Waals surface area contributed by atoms with Gasteiger partial charge in [0.25, 0.3) is 0 Å². The van der Waals surface area contributed by atoms with Gasteiger partial charge in [-0.25, -0.2) is 0 Å². The predicted molar refractivity (Wildman–Crippen MR) is 82.0 cm³/mol. The zero-order valence-corrected chi connectivity index (χ0v) is 13.1. The Morgan fingerprint density at radius 2 is 1.60 bits per heavy atom. The summed E-state index contributed by atoms with van der Waals surface area (Å²) < 4.78 is 16.3. The van der Waals surface area contributed by atoms with E-state index in [0.717, 1.165) is 30.3 Å². The summed E-state index contributed by atoms with van der Waals surface area (Å²) in [6.45, 7) is 6.15. The normalized spacial score (nSPS) is 12.0. The maximum absolute atomic E-state index is 5.88. The zero-order chi connectivity index (χ0) is 14.8. The smallest absolute Gasteiger partial charge is 0.127 e. The lowest BCUT2D eigenvalue weighted by atomic mass is 10.2. The van der Waals surface area contributed by atoms with Crippen molar-refractivity contribution in [1.29, 1.82) is 0 Å². The highest BCUT2D eigenvalue weighted by atomic mass is 16.5. The quantitative estimate of drug-likeness (QED) is 0.668. The average Bonchev–Trinajstić information content (AvgIpc) is 2.46. The Balaban J connectivity index is 2.42. The number of unbranched alkanes of at least 4 members (excludes halogenated alkanes) is 2. The SMILES string of the molecule is CCCCCNCC(C)Oc1cc(OC)cc(OC)c1. The number of rotatable bonds is 10. The molecule has 1 N–H and O–H groups in total. The lowest BCUT2D eigenvalue weighted by Crippen LogP contribution is -2.29. The van der Waals surface area contributed by atoms with Gasteiger partial charge in [0, 0.05) is 24.7 Å². The number of hydrogen-bond donors (Lipinski definition) is 1. The van der Waals surface area contributed by atoms with Gasteiger partial charge < -0.3 is 19.5 Å². The molecule has 1 unspecified atom stereocenters. The predicted octanol–water partition coefficient (Wildman–Crippen LogP) is 3.25. The van der Waals surface area contributed by atoms with Crippen LogP contribution in [-0.4, -0.2) is 33.4 Å². The van der Waals surface area contributed by atoms with Gasteiger partial charge in [0.1, 0.15) is 23.4 Å². The lowest BCUT2D eigenvalue weighted by molar-refractivity contribution is 0.215. The van der Waals surface area contributed by atoms with Crippen LogP contribution in [0.5, 0.6) is 17.2 Å². The summed E-state index contributed by atoms with van der Waals surface area (Å²) in [6, 6.07) is 5.58. The van der Waals surface area contributed by atoms with Crippen LogP contribution in [0.25, 0.3) is 0 Å². The third kappa shape index (κ3) is 6.15. The van der Waals surface area contributed by atoms with E-state index in [1.807, 2.05) is 18.2 Å². The molecule has 0 radical (unpaired) electrons. The number of benzene rings is 1. The molecule has 20 heavy (non-hydrogen) atoms. The topological polar surface area (TPSA) is 39.7 Å². The Hall–Kier alpha value is -1.42.